The lowest BCUT2D eigenvalue weighted by atomic mass is 9.72. The zero-order valence-electron chi connectivity index (χ0n) is 19.5. The van der Waals surface area contributed by atoms with Gasteiger partial charge in [0.25, 0.3) is 0 Å². The van der Waals surface area contributed by atoms with Crippen LogP contribution < -0.4 is 0 Å². The predicted octanol–water partition coefficient (Wildman–Crippen LogP) is 7.19. The van der Waals surface area contributed by atoms with Crippen molar-refractivity contribution in [1.29, 1.82) is 0 Å². The summed E-state index contributed by atoms with van der Waals surface area (Å²) in [6, 6.07) is 0. The quantitative estimate of drug-likeness (QED) is 0.0990. The van der Waals surface area contributed by atoms with Crippen molar-refractivity contribution in [2.24, 2.45) is 11.3 Å². The van der Waals surface area contributed by atoms with Crippen molar-refractivity contribution < 1.29 is 14.4 Å². The van der Waals surface area contributed by atoms with Gasteiger partial charge in [0.05, 0.1) is 0 Å². The van der Waals surface area contributed by atoms with Gasteiger partial charge < -0.3 is 4.79 Å². The number of ketones is 2. The van der Waals surface area contributed by atoms with Crippen molar-refractivity contribution >= 4 is 17.9 Å². The van der Waals surface area contributed by atoms with Crippen molar-refractivity contribution in [3.8, 4) is 0 Å². The molecular weight excluding hydrogens is 360 g/mol. The molecule has 0 rings (SSSR count). The summed E-state index contributed by atoms with van der Waals surface area (Å²) < 4.78 is 0. The Morgan fingerprint density at radius 2 is 1.07 bits per heavy atom. The number of hydrogen-bond acceptors (Lipinski definition) is 3. The Balaban J connectivity index is 4.07. The highest BCUT2D eigenvalue weighted by Crippen LogP contribution is 2.31. The fourth-order valence-corrected chi connectivity index (χ4v) is 3.81. The van der Waals surface area contributed by atoms with E-state index in [0.29, 0.717) is 12.7 Å². The van der Waals surface area contributed by atoms with E-state index in [1.54, 1.807) is 13.8 Å². The minimum atomic E-state index is -1.62. The summed E-state index contributed by atoms with van der Waals surface area (Å²) in [5.41, 5.74) is -1.13. The molecule has 0 unspecified atom stereocenters. The summed E-state index contributed by atoms with van der Waals surface area (Å²) in [6.45, 7) is 15.0. The van der Waals surface area contributed by atoms with Gasteiger partial charge in [0.2, 0.25) is 0 Å². The number of carbonyl (C=O) groups excluding carboxylic acids is 3. The Bertz CT molecular complexity index is 516. The van der Waals surface area contributed by atoms with E-state index in [-0.39, 0.29) is 17.6 Å². The molecule has 0 saturated carbocycles. The molecule has 0 aromatic heterocycles. The molecule has 0 aliphatic heterocycles. The van der Waals surface area contributed by atoms with Crippen LogP contribution in [0.1, 0.15) is 111 Å². The second-order valence-electron chi connectivity index (χ2n) is 9.13. The number of rotatable bonds is 19. The molecule has 0 saturated heterocycles. The van der Waals surface area contributed by atoms with Gasteiger partial charge in [-0.05, 0) is 37.3 Å². The van der Waals surface area contributed by atoms with Crippen molar-refractivity contribution in [3.05, 3.63) is 24.3 Å². The summed E-state index contributed by atoms with van der Waals surface area (Å²) in [5, 5.41) is 0. The Kier molecular flexibility index (Phi) is 14.5. The lowest BCUT2D eigenvalue weighted by Crippen LogP contribution is -2.42. The second-order valence-corrected chi connectivity index (χ2v) is 9.13. The molecule has 3 nitrogen and oxygen atoms in total. The van der Waals surface area contributed by atoms with Crippen LogP contribution >= 0.6 is 0 Å². The smallest absolute Gasteiger partial charge is 0.179 e. The Morgan fingerprint density at radius 1 is 0.724 bits per heavy atom. The first-order chi connectivity index (χ1) is 13.7. The van der Waals surface area contributed by atoms with Crippen LogP contribution in [-0.4, -0.2) is 17.9 Å². The van der Waals surface area contributed by atoms with E-state index in [2.05, 4.69) is 27.0 Å². The third kappa shape index (κ3) is 10.7. The standard InChI is InChI=1S/C26H44O3/c1-21(2)18-16-14-12-10-8-7-9-11-13-15-17-19-26(20-27,24(28)22(3)4)25(29)23(5)6/h20-21H,3,5,7-19H2,1-2,4,6H3. The van der Waals surface area contributed by atoms with Gasteiger partial charge in [-0.3, -0.25) is 9.59 Å². The second kappa shape index (κ2) is 15.3. The van der Waals surface area contributed by atoms with Gasteiger partial charge in [0.1, 0.15) is 6.29 Å². The number of allylic oxidation sites excluding steroid dienone is 2. The SMILES string of the molecule is C=C(C)C(=O)C(C=O)(CCCCCCCCCCCCCC(C)C)C(=O)C(=C)C. The number of Topliss-reactive ketones (excluding diaryl/α,β-unsaturated/α-hetero) is 2. The molecule has 3 heteroatoms. The van der Waals surface area contributed by atoms with E-state index < -0.39 is 17.0 Å². The maximum absolute atomic E-state index is 12.5. The van der Waals surface area contributed by atoms with Gasteiger partial charge in [-0.25, -0.2) is 0 Å². The monoisotopic (exact) mass is 404 g/mol. The van der Waals surface area contributed by atoms with E-state index in [9.17, 15) is 14.4 Å². The van der Waals surface area contributed by atoms with Crippen molar-refractivity contribution in [2.45, 2.75) is 111 Å². The number of carbonyl (C=O) groups is 3. The number of unbranched alkanes of at least 4 members (excludes halogenated alkanes) is 10. The Labute approximate surface area is 179 Å². The molecule has 0 radical (unpaired) electrons. The molecule has 0 aliphatic rings. The molecule has 0 N–H and O–H groups in total. The van der Waals surface area contributed by atoms with Crippen LogP contribution in [0.4, 0.5) is 0 Å². The van der Waals surface area contributed by atoms with Crippen molar-refractivity contribution in [3.63, 3.8) is 0 Å². The minimum Gasteiger partial charge on any atom is -0.302 e. The van der Waals surface area contributed by atoms with Crippen molar-refractivity contribution in [2.75, 3.05) is 0 Å². The van der Waals surface area contributed by atoms with Crippen LogP contribution in [-0.2, 0) is 14.4 Å². The van der Waals surface area contributed by atoms with E-state index in [1.165, 1.54) is 57.8 Å². The maximum Gasteiger partial charge on any atom is 0.179 e. The molecule has 0 fully saturated rings. The first-order valence-corrected chi connectivity index (χ1v) is 11.6. The summed E-state index contributed by atoms with van der Waals surface area (Å²) in [6.07, 6.45) is 15.2. The molecule has 0 amide bonds. The minimum absolute atomic E-state index is 0.246. The lowest BCUT2D eigenvalue weighted by Gasteiger charge is -2.25. The molecule has 29 heavy (non-hydrogen) atoms. The van der Waals surface area contributed by atoms with E-state index in [4.69, 9.17) is 0 Å². The molecule has 0 atom stereocenters. The Hall–Kier alpha value is -1.51. The fourth-order valence-electron chi connectivity index (χ4n) is 3.81. The summed E-state index contributed by atoms with van der Waals surface area (Å²) in [7, 11) is 0. The normalized spacial score (nSPS) is 11.5. The molecule has 0 aliphatic carbocycles. The highest BCUT2D eigenvalue weighted by molar-refractivity contribution is 6.27. The van der Waals surface area contributed by atoms with Gasteiger partial charge in [-0.15, -0.1) is 0 Å². The molecule has 166 valence electrons. The van der Waals surface area contributed by atoms with Crippen LogP contribution in [0, 0.1) is 11.3 Å². The molecule has 0 aromatic carbocycles. The predicted molar refractivity (Wildman–Crippen MR) is 123 cm³/mol. The van der Waals surface area contributed by atoms with Gasteiger partial charge in [0.15, 0.2) is 17.0 Å². The Morgan fingerprint density at radius 3 is 1.38 bits per heavy atom. The van der Waals surface area contributed by atoms with Gasteiger partial charge in [0, 0.05) is 0 Å². The zero-order chi connectivity index (χ0) is 22.3. The number of hydrogen-bond donors (Lipinski definition) is 0. The van der Waals surface area contributed by atoms with Crippen LogP contribution in [0.5, 0.6) is 0 Å². The molecular formula is C26H44O3. The van der Waals surface area contributed by atoms with E-state index >= 15 is 0 Å². The summed E-state index contributed by atoms with van der Waals surface area (Å²) >= 11 is 0. The highest BCUT2D eigenvalue weighted by Gasteiger charge is 2.44. The van der Waals surface area contributed by atoms with E-state index in [0.717, 1.165) is 18.8 Å². The van der Waals surface area contributed by atoms with Gasteiger partial charge >= 0.3 is 0 Å². The molecule has 0 spiro atoms. The largest absolute Gasteiger partial charge is 0.302 e. The topological polar surface area (TPSA) is 51.2 Å². The molecule has 0 bridgehead atoms. The van der Waals surface area contributed by atoms with Crippen molar-refractivity contribution in [1.82, 2.24) is 0 Å². The third-order valence-electron chi connectivity index (χ3n) is 5.64. The van der Waals surface area contributed by atoms with Crippen LogP contribution in [0.15, 0.2) is 24.3 Å². The zero-order valence-corrected chi connectivity index (χ0v) is 19.5. The lowest BCUT2D eigenvalue weighted by molar-refractivity contribution is -0.141. The first kappa shape index (κ1) is 27.5. The number of aldehydes is 1. The van der Waals surface area contributed by atoms with Crippen LogP contribution in [0.2, 0.25) is 0 Å². The van der Waals surface area contributed by atoms with Gasteiger partial charge in [-0.1, -0.05) is 104 Å². The first-order valence-electron chi connectivity index (χ1n) is 11.6. The maximum atomic E-state index is 12.5. The fraction of sp³-hybridized carbons (Fsp3) is 0.731. The third-order valence-corrected chi connectivity index (χ3v) is 5.64. The summed E-state index contributed by atoms with van der Waals surface area (Å²) in [5.74, 6) is -0.104. The average molecular weight is 405 g/mol. The molecule has 0 heterocycles. The van der Waals surface area contributed by atoms with Crippen LogP contribution in [0.25, 0.3) is 0 Å². The van der Waals surface area contributed by atoms with Crippen LogP contribution in [0.3, 0.4) is 0 Å². The molecule has 0 aromatic rings. The van der Waals surface area contributed by atoms with E-state index in [1.807, 2.05) is 0 Å². The average Bonchev–Trinajstić information content (AvgIpc) is 2.67. The van der Waals surface area contributed by atoms with Gasteiger partial charge in [-0.2, -0.15) is 0 Å². The summed E-state index contributed by atoms with van der Waals surface area (Å²) in [4.78, 5) is 36.8. The highest BCUT2D eigenvalue weighted by atomic mass is 16.2.